The molecule has 1 aromatic carbocycles. The van der Waals surface area contributed by atoms with E-state index in [1.54, 1.807) is 27.6 Å². The minimum absolute atomic E-state index is 0.0304. The number of hydrogen-bond donors (Lipinski definition) is 2. The first kappa shape index (κ1) is 28.0. The number of likely N-dealkylation sites (tertiary alicyclic amines) is 1. The van der Waals surface area contributed by atoms with Crippen molar-refractivity contribution < 1.29 is 22.8 Å². The fraction of sp³-hybridized carbons (Fsp3) is 0.179. The van der Waals surface area contributed by atoms with Crippen molar-refractivity contribution in [2.45, 2.75) is 25.1 Å². The molecule has 43 heavy (non-hydrogen) atoms. The summed E-state index contributed by atoms with van der Waals surface area (Å²) in [5.41, 5.74) is 7.32. The highest BCUT2D eigenvalue weighted by Gasteiger charge is 2.35. The number of halogens is 4. The summed E-state index contributed by atoms with van der Waals surface area (Å²) in [7, 11) is 0. The molecule has 3 N–H and O–H groups in total. The maximum Gasteiger partial charge on any atom is 0.416 e. The number of amides is 2. The van der Waals surface area contributed by atoms with Gasteiger partial charge in [-0.05, 0) is 54.8 Å². The van der Waals surface area contributed by atoms with Gasteiger partial charge in [0.15, 0.2) is 0 Å². The number of alkyl halides is 3. The average Bonchev–Trinajstić information content (AvgIpc) is 3.62. The molecule has 0 aliphatic carbocycles. The number of pyridine rings is 1. The van der Waals surface area contributed by atoms with Crippen molar-refractivity contribution in [3.05, 3.63) is 95.2 Å². The van der Waals surface area contributed by atoms with Gasteiger partial charge in [-0.2, -0.15) is 13.2 Å². The number of carbonyl (C=O) groups excluding carboxylic acids is 2. The van der Waals surface area contributed by atoms with E-state index in [1.807, 2.05) is 0 Å². The smallest absolute Gasteiger partial charge is 0.382 e. The zero-order chi connectivity index (χ0) is 30.3. The van der Waals surface area contributed by atoms with E-state index < -0.39 is 23.7 Å². The number of benzene rings is 1. The first-order valence-electron chi connectivity index (χ1n) is 13.0. The molecule has 5 heterocycles. The Labute approximate surface area is 246 Å². The van der Waals surface area contributed by atoms with Gasteiger partial charge in [0.25, 0.3) is 11.8 Å². The van der Waals surface area contributed by atoms with Crippen LogP contribution in [0.2, 0.25) is 5.28 Å². The van der Waals surface area contributed by atoms with Crippen LogP contribution in [0.3, 0.4) is 0 Å². The summed E-state index contributed by atoms with van der Waals surface area (Å²) in [6.07, 6.45) is 2.46. The number of imidazole rings is 1. The quantitative estimate of drug-likeness (QED) is 0.264. The highest BCUT2D eigenvalue weighted by atomic mass is 35.5. The van der Waals surface area contributed by atoms with Crippen LogP contribution in [-0.2, 0) is 6.18 Å². The van der Waals surface area contributed by atoms with Gasteiger partial charge in [-0.25, -0.2) is 24.9 Å². The van der Waals surface area contributed by atoms with Crippen LogP contribution >= 0.6 is 11.6 Å². The zero-order valence-corrected chi connectivity index (χ0v) is 22.8. The number of rotatable bonds is 5. The summed E-state index contributed by atoms with van der Waals surface area (Å²) in [6.45, 7) is 0.487. The molecular weight excluding hydrogens is 587 g/mol. The van der Waals surface area contributed by atoms with Crippen molar-refractivity contribution in [1.29, 1.82) is 0 Å². The second kappa shape index (κ2) is 10.9. The van der Waals surface area contributed by atoms with Crippen LogP contribution in [0.4, 0.5) is 24.8 Å². The third-order valence-corrected chi connectivity index (χ3v) is 7.20. The number of nitrogens with one attached hydrogen (secondary N) is 1. The summed E-state index contributed by atoms with van der Waals surface area (Å²) >= 11 is 5.91. The topological polar surface area (TPSA) is 144 Å². The third-order valence-electron chi connectivity index (χ3n) is 7.02. The Morgan fingerprint density at radius 2 is 1.77 bits per heavy atom. The van der Waals surface area contributed by atoms with Crippen molar-refractivity contribution in [2.75, 3.05) is 17.6 Å². The average molecular weight is 608 g/mol. The predicted octanol–water partition coefficient (Wildman–Crippen LogP) is 5.07. The van der Waals surface area contributed by atoms with Gasteiger partial charge < -0.3 is 16.0 Å². The molecule has 6 rings (SSSR count). The Balaban J connectivity index is 1.30. The van der Waals surface area contributed by atoms with Gasteiger partial charge in [0.1, 0.15) is 34.4 Å². The molecule has 0 saturated carbocycles. The van der Waals surface area contributed by atoms with Crippen LogP contribution in [0.1, 0.15) is 51.1 Å². The maximum absolute atomic E-state index is 13.4. The molecule has 0 radical (unpaired) electrons. The van der Waals surface area contributed by atoms with Crippen molar-refractivity contribution in [2.24, 2.45) is 0 Å². The van der Waals surface area contributed by atoms with Gasteiger partial charge in [0.2, 0.25) is 5.28 Å². The number of nitrogens with zero attached hydrogens (tertiary/aromatic N) is 7. The molecule has 4 aromatic heterocycles. The summed E-state index contributed by atoms with van der Waals surface area (Å²) in [4.78, 5) is 48.6. The number of hydrogen-bond acceptors (Lipinski definition) is 8. The summed E-state index contributed by atoms with van der Waals surface area (Å²) in [5, 5.41) is 2.36. The molecule has 15 heteroatoms. The number of aromatic nitrogens is 6. The summed E-state index contributed by atoms with van der Waals surface area (Å²) in [6, 6.07) is 9.01. The van der Waals surface area contributed by atoms with Gasteiger partial charge in [-0.15, -0.1) is 0 Å². The monoisotopic (exact) mass is 607 g/mol. The van der Waals surface area contributed by atoms with E-state index in [2.05, 4.69) is 25.3 Å². The molecule has 1 saturated heterocycles. The molecule has 218 valence electrons. The number of anilines is 2. The lowest BCUT2D eigenvalue weighted by Crippen LogP contribution is -2.32. The first-order chi connectivity index (χ1) is 20.6. The normalized spacial score (nSPS) is 15.2. The van der Waals surface area contributed by atoms with Gasteiger partial charge >= 0.3 is 6.18 Å². The lowest BCUT2D eigenvalue weighted by atomic mass is 10.1. The SMILES string of the molecule is Nc1nccn2c(C3CCCN3C(=O)c3ccnc(Cl)n3)nc(-c3ccc(C(=O)Nc4cc(C(F)(F)F)ccn4)cc3)c12. The molecule has 0 spiro atoms. The molecule has 2 amide bonds. The Hall–Kier alpha value is -5.11. The fourth-order valence-corrected chi connectivity index (χ4v) is 5.19. The molecule has 1 aliphatic heterocycles. The van der Waals surface area contributed by atoms with Crippen molar-refractivity contribution in [3.63, 3.8) is 0 Å². The Morgan fingerprint density at radius 1 is 1.00 bits per heavy atom. The highest BCUT2D eigenvalue weighted by molar-refractivity contribution is 6.28. The molecule has 1 fully saturated rings. The van der Waals surface area contributed by atoms with Gasteiger partial charge in [-0.1, -0.05) is 12.1 Å². The van der Waals surface area contributed by atoms with Gasteiger partial charge in [0, 0.05) is 42.5 Å². The Morgan fingerprint density at radius 3 is 2.51 bits per heavy atom. The van der Waals surface area contributed by atoms with E-state index in [0.29, 0.717) is 35.6 Å². The van der Waals surface area contributed by atoms with Crippen LogP contribution in [0.25, 0.3) is 16.8 Å². The van der Waals surface area contributed by atoms with Crippen LogP contribution in [0.5, 0.6) is 0 Å². The standard InChI is InChI=1S/C28H21ClF3N9O2/c29-27-36-10-8-18(37-27)26(43)40-12-1-2-19(40)24-39-21(22-23(33)35-11-13-41(22)24)15-3-5-16(6-4-15)25(42)38-20-14-17(7-9-34-20)28(30,31)32/h3-11,13-14,19H,1-2,12H2,(H2,33,35)(H,34,38,42). The van der Waals surface area contributed by atoms with Crippen LogP contribution in [-0.4, -0.2) is 52.6 Å². The van der Waals surface area contributed by atoms with Crippen molar-refractivity contribution >= 4 is 40.6 Å². The Bertz CT molecular complexity index is 1860. The van der Waals surface area contributed by atoms with E-state index >= 15 is 0 Å². The molecule has 0 bridgehead atoms. The number of nitrogens with two attached hydrogens (primary N) is 1. The molecular formula is C28H21ClF3N9O2. The van der Waals surface area contributed by atoms with Crippen LogP contribution in [0, 0.1) is 0 Å². The molecule has 1 aliphatic rings. The van der Waals surface area contributed by atoms with E-state index in [0.717, 1.165) is 24.8 Å². The van der Waals surface area contributed by atoms with Gasteiger partial charge in [-0.3, -0.25) is 14.0 Å². The van der Waals surface area contributed by atoms with Crippen LogP contribution < -0.4 is 11.1 Å². The number of fused-ring (bicyclic) bond motifs is 1. The summed E-state index contributed by atoms with van der Waals surface area (Å²) in [5.74, 6) is -0.389. The molecule has 5 aromatic rings. The number of carbonyl (C=O) groups is 2. The van der Waals surface area contributed by atoms with Crippen LogP contribution in [0.15, 0.2) is 67.3 Å². The molecule has 11 nitrogen and oxygen atoms in total. The molecule has 1 unspecified atom stereocenters. The highest BCUT2D eigenvalue weighted by Crippen LogP contribution is 2.37. The third kappa shape index (κ3) is 5.44. The first-order valence-corrected chi connectivity index (χ1v) is 13.3. The summed E-state index contributed by atoms with van der Waals surface area (Å²) < 4.78 is 40.9. The molecule has 1 atom stereocenters. The van der Waals surface area contributed by atoms with Crippen molar-refractivity contribution in [1.82, 2.24) is 34.2 Å². The van der Waals surface area contributed by atoms with E-state index in [9.17, 15) is 22.8 Å². The zero-order valence-electron chi connectivity index (χ0n) is 22.1. The maximum atomic E-state index is 13.4. The van der Waals surface area contributed by atoms with E-state index in [-0.39, 0.29) is 34.1 Å². The van der Waals surface area contributed by atoms with E-state index in [1.165, 1.54) is 30.6 Å². The van der Waals surface area contributed by atoms with Gasteiger partial charge in [0.05, 0.1) is 11.6 Å². The second-order valence-corrected chi connectivity index (χ2v) is 10.0. The second-order valence-electron chi connectivity index (χ2n) is 9.68. The largest absolute Gasteiger partial charge is 0.416 e. The number of nitrogen functional groups attached to an aromatic ring is 1. The lowest BCUT2D eigenvalue weighted by molar-refractivity contribution is -0.137. The van der Waals surface area contributed by atoms with Crippen molar-refractivity contribution in [3.8, 4) is 11.3 Å². The fourth-order valence-electron chi connectivity index (χ4n) is 5.05. The van der Waals surface area contributed by atoms with E-state index in [4.69, 9.17) is 22.3 Å². The minimum Gasteiger partial charge on any atom is -0.382 e. The lowest BCUT2D eigenvalue weighted by Gasteiger charge is -2.23. The predicted molar refractivity (Wildman–Crippen MR) is 150 cm³/mol. The minimum atomic E-state index is -4.57. The Kier molecular flexibility index (Phi) is 7.13.